The zero-order valence-corrected chi connectivity index (χ0v) is 17.4. The molecule has 1 saturated heterocycles. The Morgan fingerprint density at radius 3 is 2.25 bits per heavy atom. The van der Waals surface area contributed by atoms with E-state index in [0.29, 0.717) is 6.04 Å². The van der Waals surface area contributed by atoms with E-state index in [2.05, 4.69) is 60.8 Å². The van der Waals surface area contributed by atoms with Crippen LogP contribution in [0, 0.1) is 0 Å². The maximum absolute atomic E-state index is 5.35. The SMILES string of the molecule is CCCCNC1CC(C)(C)NC(C)(C)C1.ClC1=NN(Cl)NC(Cl)=N1. The van der Waals surface area contributed by atoms with Crippen LogP contribution in [0.5, 0.6) is 0 Å². The molecule has 3 N–H and O–H groups in total. The van der Waals surface area contributed by atoms with E-state index in [4.69, 9.17) is 35.0 Å². The second-order valence-corrected chi connectivity index (χ2v) is 8.47. The van der Waals surface area contributed by atoms with Crippen molar-refractivity contribution < 1.29 is 0 Å². The lowest BCUT2D eigenvalue weighted by Gasteiger charge is -2.46. The highest BCUT2D eigenvalue weighted by Gasteiger charge is 2.37. The average Bonchev–Trinajstić information content (AvgIpc) is 2.34. The molecule has 0 aromatic rings. The van der Waals surface area contributed by atoms with Crippen molar-refractivity contribution in [3.8, 4) is 0 Å². The second kappa shape index (κ2) is 9.43. The van der Waals surface area contributed by atoms with E-state index in [1.54, 1.807) is 0 Å². The lowest BCUT2D eigenvalue weighted by Crippen LogP contribution is -2.61. The van der Waals surface area contributed by atoms with Gasteiger partial charge in [-0.05, 0) is 76.7 Å². The minimum Gasteiger partial charge on any atom is -0.314 e. The van der Waals surface area contributed by atoms with Crippen LogP contribution < -0.4 is 16.1 Å². The van der Waals surface area contributed by atoms with E-state index in [0.717, 1.165) is 4.64 Å². The van der Waals surface area contributed by atoms with Crippen LogP contribution >= 0.6 is 35.0 Å². The number of hydrogen-bond donors (Lipinski definition) is 3. The summed E-state index contributed by atoms with van der Waals surface area (Å²) in [5.41, 5.74) is 2.89. The molecule has 2 rings (SSSR count). The Hall–Kier alpha value is -0.270. The fourth-order valence-corrected chi connectivity index (χ4v) is 3.85. The van der Waals surface area contributed by atoms with E-state index >= 15 is 0 Å². The number of aliphatic imine (C=N–C) groups is 1. The average molecular weight is 400 g/mol. The number of halogens is 3. The Kier molecular flexibility index (Phi) is 8.56. The van der Waals surface area contributed by atoms with Crippen LogP contribution in [0.2, 0.25) is 0 Å². The predicted octanol–water partition coefficient (Wildman–Crippen LogP) is 3.75. The Bertz CT molecular complexity index is 448. The number of amidine groups is 2. The zero-order chi connectivity index (χ0) is 18.4. The molecule has 0 amide bonds. The van der Waals surface area contributed by atoms with Crippen molar-refractivity contribution in [1.29, 1.82) is 0 Å². The Morgan fingerprint density at radius 1 is 1.21 bits per heavy atom. The molecule has 140 valence electrons. The van der Waals surface area contributed by atoms with Gasteiger partial charge in [0, 0.05) is 17.1 Å². The Labute approximate surface area is 160 Å². The normalized spacial score (nSPS) is 22.8. The summed E-state index contributed by atoms with van der Waals surface area (Å²) < 4.78 is 0.845. The quantitative estimate of drug-likeness (QED) is 0.383. The van der Waals surface area contributed by atoms with Crippen LogP contribution in [0.1, 0.15) is 60.3 Å². The van der Waals surface area contributed by atoms with E-state index in [-0.39, 0.29) is 21.7 Å². The van der Waals surface area contributed by atoms with Crippen LogP contribution in [0.3, 0.4) is 0 Å². The number of hydrogen-bond acceptors (Lipinski definition) is 6. The van der Waals surface area contributed by atoms with Gasteiger partial charge in [-0.3, -0.25) is 0 Å². The van der Waals surface area contributed by atoms with Crippen LogP contribution in [-0.2, 0) is 0 Å². The van der Waals surface area contributed by atoms with Crippen LogP contribution in [0.4, 0.5) is 0 Å². The number of rotatable bonds is 4. The molecular formula is C15H29Cl3N6. The predicted molar refractivity (Wildman–Crippen MR) is 105 cm³/mol. The van der Waals surface area contributed by atoms with Gasteiger partial charge in [0.25, 0.3) is 0 Å². The molecule has 1 fully saturated rings. The Morgan fingerprint density at radius 2 is 1.79 bits per heavy atom. The number of nitrogens with one attached hydrogen (secondary N) is 3. The highest BCUT2D eigenvalue weighted by atomic mass is 35.5. The van der Waals surface area contributed by atoms with Crippen molar-refractivity contribution >= 4 is 45.6 Å². The first-order valence-electron chi connectivity index (χ1n) is 8.26. The fraction of sp³-hybridized carbons (Fsp3) is 0.867. The minimum atomic E-state index is -0.00579. The van der Waals surface area contributed by atoms with Gasteiger partial charge >= 0.3 is 0 Å². The van der Waals surface area contributed by atoms with Crippen molar-refractivity contribution in [2.45, 2.75) is 77.4 Å². The molecule has 0 bridgehead atoms. The monoisotopic (exact) mass is 398 g/mol. The summed E-state index contributed by atoms with van der Waals surface area (Å²) in [6, 6.07) is 0.683. The van der Waals surface area contributed by atoms with Gasteiger partial charge < -0.3 is 10.6 Å². The summed E-state index contributed by atoms with van der Waals surface area (Å²) in [5, 5.41) is 10.9. The molecular weight excluding hydrogens is 371 g/mol. The molecule has 0 saturated carbocycles. The molecule has 2 heterocycles. The molecule has 0 atom stereocenters. The van der Waals surface area contributed by atoms with E-state index in [1.165, 1.54) is 32.2 Å². The van der Waals surface area contributed by atoms with Gasteiger partial charge in [0.1, 0.15) is 0 Å². The smallest absolute Gasteiger partial charge is 0.246 e. The summed E-state index contributed by atoms with van der Waals surface area (Å²) in [6.07, 6.45) is 5.05. The summed E-state index contributed by atoms with van der Waals surface area (Å²) in [5.74, 6) is 0. The third-order valence-electron chi connectivity index (χ3n) is 3.70. The van der Waals surface area contributed by atoms with Crippen molar-refractivity contribution in [2.24, 2.45) is 10.1 Å². The van der Waals surface area contributed by atoms with Gasteiger partial charge in [-0.2, -0.15) is 4.99 Å². The standard InChI is InChI=1S/C13H28N2.C2HCl3N4/c1-6-7-8-14-11-9-12(2,3)15-13(4,5)10-11;3-1-6-2(4)8-9(5)7-1/h11,14-15H,6-10H2,1-5H3;(H,6,7,8). The molecule has 6 nitrogen and oxygen atoms in total. The maximum Gasteiger partial charge on any atom is 0.246 e. The van der Waals surface area contributed by atoms with Crippen molar-refractivity contribution in [1.82, 2.24) is 20.7 Å². The van der Waals surface area contributed by atoms with E-state index in [9.17, 15) is 0 Å². The topological polar surface area (TPSA) is 64.1 Å². The molecule has 24 heavy (non-hydrogen) atoms. The second-order valence-electron chi connectivity index (χ2n) is 7.45. The summed E-state index contributed by atoms with van der Waals surface area (Å²) >= 11 is 16.0. The van der Waals surface area contributed by atoms with Crippen molar-refractivity contribution in [3.05, 3.63) is 0 Å². The highest BCUT2D eigenvalue weighted by molar-refractivity contribution is 6.71. The molecule has 0 aliphatic carbocycles. The molecule has 9 heteroatoms. The van der Waals surface area contributed by atoms with Crippen LogP contribution in [-0.4, -0.2) is 38.9 Å². The number of piperidine rings is 1. The van der Waals surface area contributed by atoms with Crippen LogP contribution in [0.15, 0.2) is 10.1 Å². The number of nitrogens with zero attached hydrogens (tertiary/aromatic N) is 3. The van der Waals surface area contributed by atoms with Gasteiger partial charge in [-0.1, -0.05) is 13.3 Å². The lowest BCUT2D eigenvalue weighted by atomic mass is 9.79. The first kappa shape index (κ1) is 21.8. The minimum absolute atomic E-state index is 0.00579. The summed E-state index contributed by atoms with van der Waals surface area (Å²) in [6.45, 7) is 12.7. The van der Waals surface area contributed by atoms with Gasteiger partial charge in [0.15, 0.2) is 0 Å². The highest BCUT2D eigenvalue weighted by Crippen LogP contribution is 2.28. The van der Waals surface area contributed by atoms with Crippen molar-refractivity contribution in [2.75, 3.05) is 6.54 Å². The molecule has 0 spiro atoms. The number of hydrazone groups is 1. The van der Waals surface area contributed by atoms with Gasteiger partial charge in [-0.15, -0.1) is 9.74 Å². The maximum atomic E-state index is 5.35. The summed E-state index contributed by atoms with van der Waals surface area (Å²) in [4.78, 5) is 3.49. The van der Waals surface area contributed by atoms with Crippen molar-refractivity contribution in [3.63, 3.8) is 0 Å². The molecule has 0 aromatic carbocycles. The first-order chi connectivity index (χ1) is 11.0. The Balaban J connectivity index is 0.000000272. The van der Waals surface area contributed by atoms with Gasteiger partial charge in [0.05, 0.1) is 11.8 Å². The fourth-order valence-electron chi connectivity index (χ4n) is 3.25. The molecule has 2 aliphatic heterocycles. The molecule has 0 radical (unpaired) electrons. The summed E-state index contributed by atoms with van der Waals surface area (Å²) in [7, 11) is 0. The van der Waals surface area contributed by atoms with E-state index in [1.807, 2.05) is 0 Å². The molecule has 0 aromatic heterocycles. The number of hydrazine groups is 1. The largest absolute Gasteiger partial charge is 0.314 e. The third kappa shape index (κ3) is 8.72. The first-order valence-corrected chi connectivity index (χ1v) is 9.36. The zero-order valence-electron chi connectivity index (χ0n) is 15.1. The van der Waals surface area contributed by atoms with Gasteiger partial charge in [-0.25, -0.2) is 5.43 Å². The van der Waals surface area contributed by atoms with Gasteiger partial charge in [0.2, 0.25) is 10.6 Å². The van der Waals surface area contributed by atoms with E-state index < -0.39 is 0 Å². The number of unbranched alkanes of at least 4 members (excludes halogenated alkanes) is 1. The molecule has 2 aliphatic rings. The third-order valence-corrected chi connectivity index (χ3v) is 4.19. The van der Waals surface area contributed by atoms with Crippen LogP contribution in [0.25, 0.3) is 0 Å². The molecule has 0 unspecified atom stereocenters. The lowest BCUT2D eigenvalue weighted by molar-refractivity contribution is 0.146.